The lowest BCUT2D eigenvalue weighted by molar-refractivity contribution is 0.413. The molecular weight excluding hydrogens is 176 g/mol. The van der Waals surface area contributed by atoms with Crippen molar-refractivity contribution in [3.8, 4) is 5.75 Å². The number of likely N-dealkylation sites (N-methyl/N-ethyl adjacent to an activating group) is 2. The van der Waals surface area contributed by atoms with E-state index in [9.17, 15) is 0 Å². The van der Waals surface area contributed by atoms with Crippen LogP contribution >= 0.6 is 0 Å². The van der Waals surface area contributed by atoms with Gasteiger partial charge in [0, 0.05) is 12.6 Å². The fraction of sp³-hybridized carbons (Fsp3) is 0.455. The van der Waals surface area contributed by atoms with E-state index in [4.69, 9.17) is 4.74 Å². The van der Waals surface area contributed by atoms with Gasteiger partial charge in [-0.3, -0.25) is 0 Å². The van der Waals surface area contributed by atoms with Gasteiger partial charge in [-0.1, -0.05) is 12.1 Å². The first kappa shape index (κ1) is 11.0. The van der Waals surface area contributed by atoms with Gasteiger partial charge >= 0.3 is 0 Å². The first-order chi connectivity index (χ1) is 6.81. The molecule has 1 atom stereocenters. The Balaban J connectivity index is 2.80. The second-order valence-electron chi connectivity index (χ2n) is 3.18. The number of ether oxygens (including phenoxy) is 1. The van der Waals surface area contributed by atoms with Gasteiger partial charge in [-0.15, -0.1) is 0 Å². The van der Waals surface area contributed by atoms with Crippen LogP contribution in [0.1, 0.15) is 11.6 Å². The molecule has 0 fully saturated rings. The highest BCUT2D eigenvalue weighted by Gasteiger charge is 2.07. The second-order valence-corrected chi connectivity index (χ2v) is 3.18. The highest BCUT2D eigenvalue weighted by molar-refractivity contribution is 5.30. The number of nitrogens with one attached hydrogen (secondary N) is 2. The molecule has 0 radical (unpaired) electrons. The summed E-state index contributed by atoms with van der Waals surface area (Å²) < 4.78 is 5.18. The molecule has 0 aromatic heterocycles. The van der Waals surface area contributed by atoms with Crippen LogP contribution in [0.3, 0.4) is 0 Å². The van der Waals surface area contributed by atoms with Crippen molar-refractivity contribution in [2.45, 2.75) is 6.04 Å². The molecule has 0 saturated heterocycles. The highest BCUT2D eigenvalue weighted by Crippen LogP contribution is 2.18. The molecule has 0 bridgehead atoms. The summed E-state index contributed by atoms with van der Waals surface area (Å²) in [5.41, 5.74) is 1.24. The quantitative estimate of drug-likeness (QED) is 0.738. The first-order valence-corrected chi connectivity index (χ1v) is 4.77. The van der Waals surface area contributed by atoms with E-state index < -0.39 is 0 Å². The summed E-state index contributed by atoms with van der Waals surface area (Å²) in [7, 11) is 5.59. The normalized spacial score (nSPS) is 12.5. The fourth-order valence-electron chi connectivity index (χ4n) is 1.45. The summed E-state index contributed by atoms with van der Waals surface area (Å²) in [5, 5.41) is 6.40. The standard InChI is InChI=1S/C11H18N2O/c1-12-8-11(13-2)9-5-4-6-10(7-9)14-3/h4-7,11-13H,8H2,1-3H3. The van der Waals surface area contributed by atoms with Crippen LogP contribution in [0.4, 0.5) is 0 Å². The summed E-state index contributed by atoms with van der Waals surface area (Å²) in [5.74, 6) is 0.902. The predicted octanol–water partition coefficient (Wildman–Crippen LogP) is 1.18. The lowest BCUT2D eigenvalue weighted by Crippen LogP contribution is -2.27. The van der Waals surface area contributed by atoms with Crippen molar-refractivity contribution >= 4 is 0 Å². The van der Waals surface area contributed by atoms with Crippen LogP contribution in [0.15, 0.2) is 24.3 Å². The van der Waals surface area contributed by atoms with Crippen molar-refractivity contribution < 1.29 is 4.74 Å². The van der Waals surface area contributed by atoms with Crippen LogP contribution in [0, 0.1) is 0 Å². The SMILES string of the molecule is CNCC(NC)c1cccc(OC)c1. The second kappa shape index (κ2) is 5.62. The van der Waals surface area contributed by atoms with Gasteiger partial charge in [0.15, 0.2) is 0 Å². The summed E-state index contributed by atoms with van der Waals surface area (Å²) in [6, 6.07) is 8.44. The zero-order valence-electron chi connectivity index (χ0n) is 9.00. The molecule has 0 aliphatic rings. The van der Waals surface area contributed by atoms with Crippen molar-refractivity contribution in [3.05, 3.63) is 29.8 Å². The van der Waals surface area contributed by atoms with Crippen molar-refractivity contribution in [1.82, 2.24) is 10.6 Å². The van der Waals surface area contributed by atoms with Gasteiger partial charge in [0.25, 0.3) is 0 Å². The van der Waals surface area contributed by atoms with Crippen LogP contribution in [0.25, 0.3) is 0 Å². The summed E-state index contributed by atoms with van der Waals surface area (Å²) in [6.07, 6.45) is 0. The van der Waals surface area contributed by atoms with E-state index in [2.05, 4.69) is 22.8 Å². The summed E-state index contributed by atoms with van der Waals surface area (Å²) in [6.45, 7) is 0.906. The van der Waals surface area contributed by atoms with Gasteiger partial charge in [0.05, 0.1) is 7.11 Å². The maximum atomic E-state index is 5.18. The predicted molar refractivity (Wildman–Crippen MR) is 58.7 cm³/mol. The number of methoxy groups -OCH3 is 1. The van der Waals surface area contributed by atoms with Crippen molar-refractivity contribution in [2.24, 2.45) is 0 Å². The minimum absolute atomic E-state index is 0.329. The average molecular weight is 194 g/mol. The van der Waals surface area contributed by atoms with Crippen LogP contribution in [0.5, 0.6) is 5.75 Å². The molecule has 3 heteroatoms. The summed E-state index contributed by atoms with van der Waals surface area (Å²) >= 11 is 0. The molecule has 14 heavy (non-hydrogen) atoms. The van der Waals surface area contributed by atoms with Crippen LogP contribution in [-0.4, -0.2) is 27.7 Å². The zero-order chi connectivity index (χ0) is 10.4. The van der Waals surface area contributed by atoms with E-state index in [1.165, 1.54) is 5.56 Å². The largest absolute Gasteiger partial charge is 0.497 e. The van der Waals surface area contributed by atoms with Crippen molar-refractivity contribution in [1.29, 1.82) is 0 Å². The van der Waals surface area contributed by atoms with E-state index in [0.717, 1.165) is 12.3 Å². The molecule has 0 aliphatic heterocycles. The third-order valence-corrected chi connectivity index (χ3v) is 2.25. The molecule has 3 nitrogen and oxygen atoms in total. The molecule has 1 aromatic carbocycles. The fourth-order valence-corrected chi connectivity index (χ4v) is 1.45. The molecule has 1 aromatic rings. The number of benzene rings is 1. The lowest BCUT2D eigenvalue weighted by Gasteiger charge is -2.16. The Bertz CT molecular complexity index is 276. The minimum Gasteiger partial charge on any atom is -0.497 e. The number of hydrogen-bond acceptors (Lipinski definition) is 3. The molecule has 0 amide bonds. The van der Waals surface area contributed by atoms with Gasteiger partial charge in [0.1, 0.15) is 5.75 Å². The van der Waals surface area contributed by atoms with Gasteiger partial charge in [-0.25, -0.2) is 0 Å². The molecule has 78 valence electrons. The van der Waals surface area contributed by atoms with Crippen molar-refractivity contribution in [2.75, 3.05) is 27.7 Å². The zero-order valence-corrected chi connectivity index (χ0v) is 9.00. The monoisotopic (exact) mass is 194 g/mol. The molecule has 2 N–H and O–H groups in total. The Morgan fingerprint density at radius 2 is 2.14 bits per heavy atom. The Hall–Kier alpha value is -1.06. The smallest absolute Gasteiger partial charge is 0.119 e. The average Bonchev–Trinajstić information content (AvgIpc) is 2.26. The van der Waals surface area contributed by atoms with Crippen LogP contribution in [-0.2, 0) is 0 Å². The van der Waals surface area contributed by atoms with E-state index in [0.29, 0.717) is 6.04 Å². The molecule has 1 unspecified atom stereocenters. The molecule has 0 saturated carbocycles. The first-order valence-electron chi connectivity index (χ1n) is 4.77. The van der Waals surface area contributed by atoms with E-state index in [1.54, 1.807) is 7.11 Å². The molecule has 1 rings (SSSR count). The van der Waals surface area contributed by atoms with Crippen LogP contribution < -0.4 is 15.4 Å². The Labute approximate surface area is 85.5 Å². The molecular formula is C11H18N2O. The highest BCUT2D eigenvalue weighted by atomic mass is 16.5. The number of rotatable bonds is 5. The Morgan fingerprint density at radius 3 is 2.71 bits per heavy atom. The third-order valence-electron chi connectivity index (χ3n) is 2.25. The van der Waals surface area contributed by atoms with Gasteiger partial charge in [-0.2, -0.15) is 0 Å². The molecule has 0 heterocycles. The Kier molecular flexibility index (Phi) is 4.43. The number of hydrogen-bond donors (Lipinski definition) is 2. The minimum atomic E-state index is 0.329. The van der Waals surface area contributed by atoms with E-state index in [1.807, 2.05) is 26.2 Å². The van der Waals surface area contributed by atoms with Gasteiger partial charge < -0.3 is 15.4 Å². The van der Waals surface area contributed by atoms with Crippen LogP contribution in [0.2, 0.25) is 0 Å². The summed E-state index contributed by atoms with van der Waals surface area (Å²) in [4.78, 5) is 0. The van der Waals surface area contributed by atoms with E-state index >= 15 is 0 Å². The Morgan fingerprint density at radius 1 is 1.36 bits per heavy atom. The van der Waals surface area contributed by atoms with Gasteiger partial charge in [-0.05, 0) is 31.8 Å². The maximum absolute atomic E-state index is 5.18. The molecule has 0 spiro atoms. The third kappa shape index (κ3) is 2.72. The van der Waals surface area contributed by atoms with Gasteiger partial charge in [0.2, 0.25) is 0 Å². The lowest BCUT2D eigenvalue weighted by atomic mass is 10.1. The topological polar surface area (TPSA) is 33.3 Å². The maximum Gasteiger partial charge on any atom is 0.119 e. The van der Waals surface area contributed by atoms with Crippen molar-refractivity contribution in [3.63, 3.8) is 0 Å². The molecule has 0 aliphatic carbocycles. The van der Waals surface area contributed by atoms with E-state index in [-0.39, 0.29) is 0 Å².